The fourth-order valence-electron chi connectivity index (χ4n) is 7.98. The predicted octanol–water partition coefficient (Wildman–Crippen LogP) is 10.9. The second kappa shape index (κ2) is 9.56. The highest BCUT2D eigenvalue weighted by molar-refractivity contribution is 6.17. The molecule has 7 rings (SSSR count). The number of rotatable bonds is 3. The van der Waals surface area contributed by atoms with Crippen molar-refractivity contribution in [2.24, 2.45) is 17.9 Å². The topological polar surface area (TPSA) is 13.1 Å². The van der Waals surface area contributed by atoms with E-state index in [1.54, 1.807) is 0 Å². The molecule has 2 aliphatic rings. The van der Waals surface area contributed by atoms with Crippen LogP contribution in [-0.2, 0) is 19.9 Å². The van der Waals surface area contributed by atoms with E-state index in [9.17, 15) is 0 Å². The summed E-state index contributed by atoms with van der Waals surface area (Å²) >= 11 is 0. The first-order valence-corrected chi connectivity index (χ1v) is 16.0. The number of nitrogens with zero attached hydrogens (tertiary/aromatic N) is 1. The molecule has 0 bridgehead atoms. The number of hydrogen-bond acceptors (Lipinski definition) is 1. The number of aromatic nitrogens is 1. The summed E-state index contributed by atoms with van der Waals surface area (Å²) in [6.45, 7) is 16.3. The van der Waals surface area contributed by atoms with Crippen LogP contribution in [0.1, 0.15) is 95.4 Å². The van der Waals surface area contributed by atoms with Crippen molar-refractivity contribution in [1.29, 1.82) is 0 Å². The van der Waals surface area contributed by atoms with Crippen LogP contribution < -0.4 is 9.30 Å². The molecule has 1 fully saturated rings. The summed E-state index contributed by atoms with van der Waals surface area (Å²) in [4.78, 5) is 0. The molecule has 5 aromatic rings. The first kappa shape index (κ1) is 27.4. The van der Waals surface area contributed by atoms with E-state index in [-0.39, 0.29) is 10.8 Å². The van der Waals surface area contributed by atoms with Crippen LogP contribution in [0.25, 0.3) is 43.6 Å². The van der Waals surface area contributed by atoms with Crippen molar-refractivity contribution in [3.8, 4) is 22.8 Å². The number of pyridine rings is 1. The van der Waals surface area contributed by atoms with Crippen LogP contribution in [0.15, 0.2) is 54.7 Å². The zero-order valence-electron chi connectivity index (χ0n) is 26.9. The Hall–Kier alpha value is -3.39. The molecule has 0 amide bonds. The molecule has 1 aliphatic heterocycles. The van der Waals surface area contributed by atoms with Crippen LogP contribution in [0, 0.1) is 17.8 Å². The van der Waals surface area contributed by atoms with E-state index < -0.39 is 0 Å². The summed E-state index contributed by atoms with van der Waals surface area (Å²) in [6.07, 6.45) is 9.58. The second-order valence-electron chi connectivity index (χ2n) is 15.6. The van der Waals surface area contributed by atoms with Gasteiger partial charge < -0.3 is 4.74 Å². The van der Waals surface area contributed by atoms with Crippen molar-refractivity contribution in [3.63, 3.8) is 0 Å². The molecule has 2 nitrogen and oxygen atoms in total. The van der Waals surface area contributed by atoms with E-state index in [1.165, 1.54) is 91.5 Å². The Kier molecular flexibility index (Phi) is 6.25. The summed E-state index contributed by atoms with van der Waals surface area (Å²) in [5, 5.41) is 8.03. The van der Waals surface area contributed by atoms with Gasteiger partial charge in [0.25, 0.3) is 0 Å². The third kappa shape index (κ3) is 4.50. The number of ether oxygens (including phenoxy) is 1. The van der Waals surface area contributed by atoms with Gasteiger partial charge in [-0.15, -0.1) is 0 Å². The Morgan fingerprint density at radius 1 is 0.810 bits per heavy atom. The Balaban J connectivity index is 1.58. The first-order chi connectivity index (χ1) is 19.9. The fourth-order valence-corrected chi connectivity index (χ4v) is 7.98. The number of benzene rings is 4. The molecule has 42 heavy (non-hydrogen) atoms. The van der Waals surface area contributed by atoms with Crippen molar-refractivity contribution in [1.82, 2.24) is 0 Å². The molecule has 1 aliphatic carbocycles. The van der Waals surface area contributed by atoms with Gasteiger partial charge in [-0.3, -0.25) is 0 Å². The predicted molar refractivity (Wildman–Crippen MR) is 178 cm³/mol. The van der Waals surface area contributed by atoms with Crippen molar-refractivity contribution in [3.05, 3.63) is 77.0 Å². The Morgan fingerprint density at radius 2 is 1.55 bits per heavy atom. The van der Waals surface area contributed by atoms with Gasteiger partial charge in [-0.2, -0.15) is 0 Å². The molecule has 0 N–H and O–H groups in total. The second-order valence-corrected chi connectivity index (χ2v) is 15.6. The molecule has 0 unspecified atom stereocenters. The third-order valence-electron chi connectivity index (χ3n) is 9.63. The summed E-state index contributed by atoms with van der Waals surface area (Å²) in [5.74, 6) is 2.71. The molecule has 2 heteroatoms. The van der Waals surface area contributed by atoms with E-state index in [1.807, 2.05) is 0 Å². The van der Waals surface area contributed by atoms with Crippen molar-refractivity contribution >= 4 is 32.3 Å². The van der Waals surface area contributed by atoms with Gasteiger partial charge in [-0.25, -0.2) is 4.57 Å². The van der Waals surface area contributed by atoms with E-state index in [0.29, 0.717) is 5.92 Å². The van der Waals surface area contributed by atoms with Crippen molar-refractivity contribution in [2.75, 3.05) is 0 Å². The molecule has 1 saturated carbocycles. The van der Waals surface area contributed by atoms with Gasteiger partial charge in [0.1, 0.15) is 18.5 Å². The van der Waals surface area contributed by atoms with Gasteiger partial charge in [0.05, 0.1) is 10.9 Å². The van der Waals surface area contributed by atoms with E-state index in [0.717, 1.165) is 24.3 Å². The van der Waals surface area contributed by atoms with Crippen LogP contribution in [0.2, 0.25) is 0 Å². The van der Waals surface area contributed by atoms with Crippen LogP contribution in [0.5, 0.6) is 11.5 Å². The lowest BCUT2D eigenvalue weighted by molar-refractivity contribution is -0.659. The van der Waals surface area contributed by atoms with Gasteiger partial charge in [0, 0.05) is 17.0 Å². The normalized spacial score (nSPS) is 15.5. The van der Waals surface area contributed by atoms with Gasteiger partial charge in [-0.1, -0.05) is 90.8 Å². The first-order valence-electron chi connectivity index (χ1n) is 16.0. The minimum Gasteiger partial charge on any atom is -0.455 e. The van der Waals surface area contributed by atoms with Gasteiger partial charge in [0.15, 0.2) is 6.20 Å². The molecule has 0 spiro atoms. The molecular weight excluding hydrogens is 510 g/mol. The quantitative estimate of drug-likeness (QED) is 0.156. The van der Waals surface area contributed by atoms with E-state index >= 15 is 0 Å². The molecule has 4 aromatic carbocycles. The van der Waals surface area contributed by atoms with Gasteiger partial charge in [-0.05, 0) is 93.7 Å². The minimum absolute atomic E-state index is 0.122. The Morgan fingerprint density at radius 3 is 2.26 bits per heavy atom. The average Bonchev–Trinajstić information content (AvgIpc) is 3.45. The number of fused-ring (bicyclic) bond motifs is 5. The summed E-state index contributed by atoms with van der Waals surface area (Å²) in [7, 11) is 2.21. The number of hydrogen-bond donors (Lipinski definition) is 0. The summed E-state index contributed by atoms with van der Waals surface area (Å²) in [5.41, 5.74) is 8.52. The number of aryl methyl sites for hydroxylation is 2. The molecular formula is C40H46NO+. The highest BCUT2D eigenvalue weighted by Crippen LogP contribution is 2.53. The zero-order valence-corrected chi connectivity index (χ0v) is 26.9. The molecule has 0 atom stereocenters. The molecule has 0 radical (unpaired) electrons. The van der Waals surface area contributed by atoms with Gasteiger partial charge in [0.2, 0.25) is 5.69 Å². The largest absolute Gasteiger partial charge is 0.455 e. The highest BCUT2D eigenvalue weighted by Gasteiger charge is 2.35. The molecule has 0 saturated heterocycles. The van der Waals surface area contributed by atoms with Gasteiger partial charge >= 0.3 is 0 Å². The lowest BCUT2D eigenvalue weighted by Crippen LogP contribution is -2.32. The zero-order chi connectivity index (χ0) is 29.6. The van der Waals surface area contributed by atoms with Crippen LogP contribution in [0.4, 0.5) is 0 Å². The lowest BCUT2D eigenvalue weighted by Gasteiger charge is -2.29. The molecule has 2 heterocycles. The third-order valence-corrected chi connectivity index (χ3v) is 9.63. The van der Waals surface area contributed by atoms with Crippen LogP contribution in [-0.4, -0.2) is 0 Å². The fraction of sp³-hybridized carbons (Fsp3) is 0.425. The van der Waals surface area contributed by atoms with Crippen molar-refractivity contribution < 1.29 is 9.30 Å². The SMILES string of the molecule is Cc1c2c(c(CC(C)(C)C)c3ccc(CC(C)(C)C)cc13)Oc1cc3cccc(C4CCCC4)c3c3cc[n+](C)c-2c13. The average molecular weight is 557 g/mol. The monoisotopic (exact) mass is 556 g/mol. The highest BCUT2D eigenvalue weighted by atomic mass is 16.5. The molecule has 1 aromatic heterocycles. The smallest absolute Gasteiger partial charge is 0.228 e. The Bertz CT molecular complexity index is 1890. The Labute approximate surface area is 251 Å². The maximum absolute atomic E-state index is 7.14. The maximum Gasteiger partial charge on any atom is 0.228 e. The van der Waals surface area contributed by atoms with E-state index in [2.05, 4.69) is 115 Å². The van der Waals surface area contributed by atoms with Crippen LogP contribution in [0.3, 0.4) is 0 Å². The standard InChI is InChI=1S/C40H46NO/c1-24-31-20-25(22-39(2,3)4)16-17-29(31)32(23-40(5,6)7)38-34(24)37-36-30(18-19-41(37)8)35-27(21-33(36)42-38)14-11-15-28(35)26-12-9-10-13-26/h11,14-21,26H,9-10,12-13,22-23H2,1-8H3/q+1. The van der Waals surface area contributed by atoms with Crippen molar-refractivity contribution in [2.45, 2.75) is 92.9 Å². The minimum atomic E-state index is 0.122. The summed E-state index contributed by atoms with van der Waals surface area (Å²) < 4.78 is 9.48. The van der Waals surface area contributed by atoms with E-state index in [4.69, 9.17) is 4.74 Å². The maximum atomic E-state index is 7.14. The molecule has 216 valence electrons. The summed E-state index contributed by atoms with van der Waals surface area (Å²) in [6, 6.07) is 18.8. The van der Waals surface area contributed by atoms with Crippen LogP contribution >= 0.6 is 0 Å². The lowest BCUT2D eigenvalue weighted by atomic mass is 9.80.